The van der Waals surface area contributed by atoms with Gasteiger partial charge in [-0.1, -0.05) is 12.1 Å². The normalized spacial score (nSPS) is 11.1. The van der Waals surface area contributed by atoms with Crippen LogP contribution in [-0.4, -0.2) is 33.7 Å². The van der Waals surface area contributed by atoms with E-state index in [9.17, 15) is 9.59 Å². The lowest BCUT2D eigenvalue weighted by Gasteiger charge is -2.07. The van der Waals surface area contributed by atoms with E-state index >= 15 is 0 Å². The highest BCUT2D eigenvalue weighted by molar-refractivity contribution is 5.99. The predicted octanol–water partition coefficient (Wildman–Crippen LogP) is 3.12. The first-order chi connectivity index (χ1) is 12.0. The van der Waals surface area contributed by atoms with Gasteiger partial charge in [0.25, 0.3) is 0 Å². The van der Waals surface area contributed by atoms with Gasteiger partial charge < -0.3 is 14.4 Å². The monoisotopic (exact) mass is 336 g/mol. The molecule has 6 heteroatoms. The van der Waals surface area contributed by atoms with Crippen molar-refractivity contribution in [3.8, 4) is 11.3 Å². The zero-order valence-electron chi connectivity index (χ0n) is 13.8. The largest absolute Gasteiger partial charge is 0.478 e. The van der Waals surface area contributed by atoms with Crippen LogP contribution in [0.5, 0.6) is 0 Å². The first kappa shape index (κ1) is 16.4. The predicted molar refractivity (Wildman–Crippen MR) is 94.2 cm³/mol. The summed E-state index contributed by atoms with van der Waals surface area (Å²) in [5.41, 5.74) is 3.63. The smallest absolute Gasteiger partial charge is 0.337 e. The van der Waals surface area contributed by atoms with Crippen LogP contribution in [0.3, 0.4) is 0 Å². The SMILES string of the molecule is COC(=O)c1ccc(-c2c(/C=C/C(=O)O)c3cccnc3n2C)cc1. The van der Waals surface area contributed by atoms with E-state index in [1.165, 1.54) is 7.11 Å². The highest BCUT2D eigenvalue weighted by atomic mass is 16.5. The number of methoxy groups -OCH3 is 1. The summed E-state index contributed by atoms with van der Waals surface area (Å²) in [6, 6.07) is 10.7. The number of hydrogen-bond donors (Lipinski definition) is 1. The molecule has 6 nitrogen and oxygen atoms in total. The van der Waals surface area contributed by atoms with Crippen molar-refractivity contribution in [1.82, 2.24) is 9.55 Å². The summed E-state index contributed by atoms with van der Waals surface area (Å²) in [6.07, 6.45) is 4.36. The van der Waals surface area contributed by atoms with Crippen molar-refractivity contribution in [3.05, 3.63) is 59.8 Å². The number of carbonyl (C=O) groups is 2. The molecule has 0 unspecified atom stereocenters. The molecule has 0 saturated heterocycles. The maximum Gasteiger partial charge on any atom is 0.337 e. The minimum Gasteiger partial charge on any atom is -0.478 e. The van der Waals surface area contributed by atoms with Crippen molar-refractivity contribution in [2.24, 2.45) is 7.05 Å². The third-order valence-electron chi connectivity index (χ3n) is 3.96. The van der Waals surface area contributed by atoms with Gasteiger partial charge in [0.15, 0.2) is 0 Å². The molecule has 0 radical (unpaired) electrons. The Kier molecular flexibility index (Phi) is 4.35. The van der Waals surface area contributed by atoms with Crippen molar-refractivity contribution in [2.45, 2.75) is 0 Å². The van der Waals surface area contributed by atoms with E-state index in [0.29, 0.717) is 5.56 Å². The Hall–Kier alpha value is -3.41. The second kappa shape index (κ2) is 6.60. The molecule has 0 aliphatic rings. The maximum absolute atomic E-state index is 11.6. The number of aliphatic carboxylic acids is 1. The zero-order valence-corrected chi connectivity index (χ0v) is 13.8. The van der Waals surface area contributed by atoms with Gasteiger partial charge >= 0.3 is 11.9 Å². The number of benzene rings is 1. The number of esters is 1. The molecular weight excluding hydrogens is 320 g/mol. The quantitative estimate of drug-likeness (QED) is 0.585. The second-order valence-electron chi connectivity index (χ2n) is 5.44. The number of carbonyl (C=O) groups excluding carboxylic acids is 1. The van der Waals surface area contributed by atoms with E-state index in [2.05, 4.69) is 4.98 Å². The molecule has 0 atom stereocenters. The van der Waals surface area contributed by atoms with Crippen LogP contribution >= 0.6 is 0 Å². The molecule has 2 aromatic heterocycles. The Morgan fingerprint density at radius 2 is 1.92 bits per heavy atom. The van der Waals surface area contributed by atoms with Gasteiger partial charge in [0, 0.05) is 30.3 Å². The number of ether oxygens (including phenoxy) is 1. The maximum atomic E-state index is 11.6. The van der Waals surface area contributed by atoms with E-state index in [-0.39, 0.29) is 0 Å². The van der Waals surface area contributed by atoms with Gasteiger partial charge in [-0.25, -0.2) is 14.6 Å². The number of aromatic nitrogens is 2. The molecule has 0 fully saturated rings. The van der Waals surface area contributed by atoms with Crippen LogP contribution in [0.1, 0.15) is 15.9 Å². The van der Waals surface area contributed by atoms with Crippen molar-refractivity contribution < 1.29 is 19.4 Å². The van der Waals surface area contributed by atoms with Gasteiger partial charge in [0.05, 0.1) is 18.4 Å². The Morgan fingerprint density at radius 3 is 2.56 bits per heavy atom. The first-order valence-electron chi connectivity index (χ1n) is 7.56. The molecular formula is C19H16N2O4. The molecule has 3 rings (SSSR count). The van der Waals surface area contributed by atoms with E-state index < -0.39 is 11.9 Å². The summed E-state index contributed by atoms with van der Waals surface area (Å²) in [5.74, 6) is -1.43. The fourth-order valence-corrected chi connectivity index (χ4v) is 2.84. The van der Waals surface area contributed by atoms with Crippen LogP contribution in [0.4, 0.5) is 0 Å². The van der Waals surface area contributed by atoms with Crippen LogP contribution in [0, 0.1) is 0 Å². The highest BCUT2D eigenvalue weighted by Crippen LogP contribution is 2.33. The van der Waals surface area contributed by atoms with Crippen LogP contribution in [0.25, 0.3) is 28.4 Å². The van der Waals surface area contributed by atoms with Gasteiger partial charge in [-0.2, -0.15) is 0 Å². The minimum absolute atomic E-state index is 0.406. The Morgan fingerprint density at radius 1 is 1.20 bits per heavy atom. The minimum atomic E-state index is -1.02. The van der Waals surface area contributed by atoms with Crippen LogP contribution < -0.4 is 0 Å². The zero-order chi connectivity index (χ0) is 18.0. The summed E-state index contributed by atoms with van der Waals surface area (Å²) >= 11 is 0. The molecule has 25 heavy (non-hydrogen) atoms. The molecule has 3 aromatic rings. The molecule has 0 aliphatic carbocycles. The third-order valence-corrected chi connectivity index (χ3v) is 3.96. The number of aryl methyl sites for hydroxylation is 1. The number of nitrogens with zero attached hydrogens (tertiary/aromatic N) is 2. The number of carboxylic acid groups (broad SMARTS) is 1. The number of hydrogen-bond acceptors (Lipinski definition) is 4. The third kappa shape index (κ3) is 3.01. The van der Waals surface area contributed by atoms with Crippen molar-refractivity contribution in [2.75, 3.05) is 7.11 Å². The lowest BCUT2D eigenvalue weighted by molar-refractivity contribution is -0.131. The van der Waals surface area contributed by atoms with E-state index in [0.717, 1.165) is 33.9 Å². The van der Waals surface area contributed by atoms with E-state index in [1.807, 2.05) is 23.7 Å². The van der Waals surface area contributed by atoms with Crippen LogP contribution in [0.15, 0.2) is 48.7 Å². The lowest BCUT2D eigenvalue weighted by Crippen LogP contribution is -2.01. The molecule has 0 spiro atoms. The molecule has 126 valence electrons. The Labute approximate surface area is 144 Å². The average molecular weight is 336 g/mol. The second-order valence-corrected chi connectivity index (χ2v) is 5.44. The van der Waals surface area contributed by atoms with E-state index in [4.69, 9.17) is 9.84 Å². The number of pyridine rings is 1. The molecule has 0 bridgehead atoms. The summed E-state index contributed by atoms with van der Waals surface area (Å²) < 4.78 is 6.62. The lowest BCUT2D eigenvalue weighted by atomic mass is 10.0. The number of carboxylic acids is 1. The fraction of sp³-hybridized carbons (Fsp3) is 0.105. The molecule has 0 amide bonds. The molecule has 1 aromatic carbocycles. The summed E-state index contributed by atoms with van der Waals surface area (Å²) in [7, 11) is 3.21. The van der Waals surface area contributed by atoms with Gasteiger partial charge in [-0.3, -0.25) is 0 Å². The standard InChI is InChI=1S/C19H16N2O4/c1-21-17(12-5-7-13(8-6-12)19(24)25-2)14(9-10-16(22)23)15-4-3-11-20-18(15)21/h3-11H,1-2H3,(H,22,23)/b10-9+. The Balaban J connectivity index is 2.21. The molecule has 1 N–H and O–H groups in total. The topological polar surface area (TPSA) is 81.4 Å². The first-order valence-corrected chi connectivity index (χ1v) is 7.56. The van der Waals surface area contributed by atoms with Crippen molar-refractivity contribution >= 4 is 29.0 Å². The van der Waals surface area contributed by atoms with Gasteiger partial charge in [0.1, 0.15) is 5.65 Å². The summed E-state index contributed by atoms with van der Waals surface area (Å²) in [4.78, 5) is 26.9. The van der Waals surface area contributed by atoms with E-state index in [1.54, 1.807) is 36.5 Å². The summed E-state index contributed by atoms with van der Waals surface area (Å²) in [6.45, 7) is 0. The van der Waals surface area contributed by atoms with Crippen LogP contribution in [-0.2, 0) is 16.6 Å². The molecule has 2 heterocycles. The molecule has 0 saturated carbocycles. The molecule has 0 aliphatic heterocycles. The van der Waals surface area contributed by atoms with Crippen LogP contribution in [0.2, 0.25) is 0 Å². The highest BCUT2D eigenvalue weighted by Gasteiger charge is 2.16. The average Bonchev–Trinajstić information content (AvgIpc) is 2.92. The number of rotatable bonds is 4. The van der Waals surface area contributed by atoms with Gasteiger partial charge in [0.2, 0.25) is 0 Å². The van der Waals surface area contributed by atoms with Crippen molar-refractivity contribution in [1.29, 1.82) is 0 Å². The van der Waals surface area contributed by atoms with Crippen molar-refractivity contribution in [3.63, 3.8) is 0 Å². The van der Waals surface area contributed by atoms with Gasteiger partial charge in [-0.15, -0.1) is 0 Å². The number of fused-ring (bicyclic) bond motifs is 1. The Bertz CT molecular complexity index is 985. The fourth-order valence-electron chi connectivity index (χ4n) is 2.84. The summed E-state index contributed by atoms with van der Waals surface area (Å²) in [5, 5.41) is 9.84. The van der Waals surface area contributed by atoms with Gasteiger partial charge in [-0.05, 0) is 35.9 Å².